The Kier molecular flexibility index (Phi) is 3.92. The van der Waals surface area contributed by atoms with E-state index in [1.165, 1.54) is 23.4 Å². The molecule has 3 amide bonds. The van der Waals surface area contributed by atoms with E-state index in [4.69, 9.17) is 0 Å². The Morgan fingerprint density at radius 2 is 2.20 bits per heavy atom. The van der Waals surface area contributed by atoms with Crippen molar-refractivity contribution in [3.63, 3.8) is 0 Å². The first-order chi connectivity index (χ1) is 9.52. The number of hydrogen-bond donors (Lipinski definition) is 1. The molecule has 20 heavy (non-hydrogen) atoms. The summed E-state index contributed by atoms with van der Waals surface area (Å²) >= 11 is 0. The van der Waals surface area contributed by atoms with Crippen LogP contribution in [0.5, 0.6) is 0 Å². The van der Waals surface area contributed by atoms with Gasteiger partial charge in [0, 0.05) is 12.4 Å². The van der Waals surface area contributed by atoms with E-state index in [0.29, 0.717) is 6.42 Å². The Morgan fingerprint density at radius 1 is 1.45 bits per heavy atom. The summed E-state index contributed by atoms with van der Waals surface area (Å²) in [7, 11) is 0. The molecule has 0 spiro atoms. The Hall–Kier alpha value is -2.51. The van der Waals surface area contributed by atoms with Crippen LogP contribution in [-0.4, -0.2) is 44.8 Å². The molecule has 1 fully saturated rings. The third-order valence-corrected chi connectivity index (χ3v) is 3.05. The van der Waals surface area contributed by atoms with Gasteiger partial charge in [0.2, 0.25) is 17.7 Å². The first-order valence-corrected chi connectivity index (χ1v) is 6.17. The molecule has 0 aliphatic carbocycles. The first kappa shape index (κ1) is 13.9. The van der Waals surface area contributed by atoms with Gasteiger partial charge >= 0.3 is 5.69 Å². The van der Waals surface area contributed by atoms with Crippen molar-refractivity contribution in [2.24, 2.45) is 0 Å². The Morgan fingerprint density at radius 3 is 2.85 bits per heavy atom. The van der Waals surface area contributed by atoms with Crippen LogP contribution in [-0.2, 0) is 20.9 Å². The molecule has 1 aliphatic rings. The van der Waals surface area contributed by atoms with Gasteiger partial charge in [0.25, 0.3) is 0 Å². The summed E-state index contributed by atoms with van der Waals surface area (Å²) in [5.74, 6) is -1.47. The molecule has 0 bridgehead atoms. The third-order valence-electron chi connectivity index (χ3n) is 3.05. The van der Waals surface area contributed by atoms with Crippen LogP contribution < -0.4 is 11.0 Å². The number of piperazine rings is 1. The van der Waals surface area contributed by atoms with Gasteiger partial charge in [-0.05, 0) is 12.5 Å². The molecule has 2 rings (SSSR count). The molecule has 0 radical (unpaired) electrons. The minimum atomic E-state index is -0.687. The van der Waals surface area contributed by atoms with Gasteiger partial charge in [0.15, 0.2) is 0 Å². The van der Waals surface area contributed by atoms with Gasteiger partial charge in [-0.15, -0.1) is 0 Å². The highest BCUT2D eigenvalue weighted by Gasteiger charge is 2.35. The standard InChI is InChI=1S/C12H14N4O4/c1-2-8-11(19)14-9(17)6-16(8)10(18)7-15-5-3-4-13-12(15)20/h3-5,8H,2,6-7H2,1H3,(H,14,17,19). The van der Waals surface area contributed by atoms with Gasteiger partial charge < -0.3 is 4.90 Å². The average molecular weight is 278 g/mol. The highest BCUT2D eigenvalue weighted by Crippen LogP contribution is 2.10. The van der Waals surface area contributed by atoms with Gasteiger partial charge in [-0.1, -0.05) is 6.92 Å². The number of rotatable bonds is 3. The van der Waals surface area contributed by atoms with Crippen LogP contribution in [0.4, 0.5) is 0 Å². The maximum atomic E-state index is 12.2. The van der Waals surface area contributed by atoms with Gasteiger partial charge in [-0.25, -0.2) is 9.78 Å². The fourth-order valence-electron chi connectivity index (χ4n) is 2.08. The maximum absolute atomic E-state index is 12.2. The first-order valence-electron chi connectivity index (χ1n) is 6.17. The summed E-state index contributed by atoms with van der Waals surface area (Å²) in [6, 6.07) is 0.840. The van der Waals surface area contributed by atoms with Gasteiger partial charge in [-0.2, -0.15) is 0 Å². The van der Waals surface area contributed by atoms with E-state index in [9.17, 15) is 19.2 Å². The van der Waals surface area contributed by atoms with Gasteiger partial charge in [0.05, 0.1) is 0 Å². The second kappa shape index (κ2) is 5.64. The Balaban J connectivity index is 2.19. The molecule has 8 heteroatoms. The second-order valence-electron chi connectivity index (χ2n) is 4.39. The molecule has 1 aliphatic heterocycles. The van der Waals surface area contributed by atoms with Gasteiger partial charge in [-0.3, -0.25) is 24.3 Å². The zero-order valence-electron chi connectivity index (χ0n) is 10.9. The molecule has 8 nitrogen and oxygen atoms in total. The monoisotopic (exact) mass is 278 g/mol. The lowest BCUT2D eigenvalue weighted by molar-refractivity contribution is -0.150. The minimum Gasteiger partial charge on any atom is -0.320 e. The van der Waals surface area contributed by atoms with Crippen molar-refractivity contribution < 1.29 is 14.4 Å². The largest absolute Gasteiger partial charge is 0.347 e. The van der Waals surface area contributed by atoms with Crippen molar-refractivity contribution in [3.05, 3.63) is 28.9 Å². The predicted molar refractivity (Wildman–Crippen MR) is 67.4 cm³/mol. The predicted octanol–water partition coefficient (Wildman–Crippen LogP) is -1.49. The van der Waals surface area contributed by atoms with Crippen LogP contribution >= 0.6 is 0 Å². The van der Waals surface area contributed by atoms with Crippen LogP contribution in [0, 0.1) is 0 Å². The summed E-state index contributed by atoms with van der Waals surface area (Å²) in [6.07, 6.45) is 3.16. The van der Waals surface area contributed by atoms with Crippen molar-refractivity contribution in [1.29, 1.82) is 0 Å². The van der Waals surface area contributed by atoms with Crippen LogP contribution in [0.3, 0.4) is 0 Å². The molecule has 1 saturated heterocycles. The summed E-state index contributed by atoms with van der Waals surface area (Å²) in [5, 5.41) is 2.19. The zero-order valence-corrected chi connectivity index (χ0v) is 10.9. The van der Waals surface area contributed by atoms with Crippen LogP contribution in [0.15, 0.2) is 23.3 Å². The normalized spacial score (nSPS) is 18.9. The lowest BCUT2D eigenvalue weighted by atomic mass is 10.1. The number of amides is 3. The summed E-state index contributed by atoms with van der Waals surface area (Å²) < 4.78 is 1.13. The highest BCUT2D eigenvalue weighted by atomic mass is 16.2. The zero-order chi connectivity index (χ0) is 14.7. The molecule has 1 aromatic heterocycles. The quantitative estimate of drug-likeness (QED) is 0.678. The number of nitrogens with one attached hydrogen (secondary N) is 1. The average Bonchev–Trinajstić information content (AvgIpc) is 2.40. The Labute approximate surface area is 114 Å². The molecule has 1 aromatic rings. The summed E-state index contributed by atoms with van der Waals surface area (Å²) in [6.45, 7) is 1.32. The van der Waals surface area contributed by atoms with Crippen LogP contribution in [0.1, 0.15) is 13.3 Å². The molecule has 0 saturated carbocycles. The van der Waals surface area contributed by atoms with Crippen molar-refractivity contribution in [1.82, 2.24) is 19.8 Å². The Bertz CT molecular complexity index is 609. The fourth-order valence-corrected chi connectivity index (χ4v) is 2.08. The molecule has 106 valence electrons. The van der Waals surface area contributed by atoms with Crippen molar-refractivity contribution in [2.75, 3.05) is 6.54 Å². The van der Waals surface area contributed by atoms with E-state index in [1.807, 2.05) is 0 Å². The number of nitrogens with zero attached hydrogens (tertiary/aromatic N) is 3. The topological polar surface area (TPSA) is 101 Å². The summed E-state index contributed by atoms with van der Waals surface area (Å²) in [5.41, 5.74) is -0.554. The SMILES string of the molecule is CCC1C(=O)NC(=O)CN1C(=O)Cn1cccnc1=O. The lowest BCUT2D eigenvalue weighted by Crippen LogP contribution is -2.60. The maximum Gasteiger partial charge on any atom is 0.347 e. The number of carbonyl (C=O) groups is 3. The molecule has 1 N–H and O–H groups in total. The van der Waals surface area contributed by atoms with E-state index in [1.54, 1.807) is 6.92 Å². The van der Waals surface area contributed by atoms with Crippen molar-refractivity contribution in [3.8, 4) is 0 Å². The van der Waals surface area contributed by atoms with E-state index < -0.39 is 29.5 Å². The number of carbonyl (C=O) groups excluding carboxylic acids is 3. The van der Waals surface area contributed by atoms with E-state index in [0.717, 1.165) is 4.57 Å². The van der Waals surface area contributed by atoms with Crippen LogP contribution in [0.25, 0.3) is 0 Å². The number of aromatic nitrogens is 2. The molecule has 1 atom stereocenters. The van der Waals surface area contributed by atoms with E-state index in [-0.39, 0.29) is 13.1 Å². The van der Waals surface area contributed by atoms with Crippen molar-refractivity contribution in [2.45, 2.75) is 25.9 Å². The number of imide groups is 1. The second-order valence-corrected chi connectivity index (χ2v) is 4.39. The van der Waals surface area contributed by atoms with E-state index >= 15 is 0 Å². The molecule has 1 unspecified atom stereocenters. The minimum absolute atomic E-state index is 0.182. The molecular formula is C12H14N4O4. The third kappa shape index (κ3) is 2.73. The van der Waals surface area contributed by atoms with Gasteiger partial charge in [0.1, 0.15) is 19.1 Å². The molecular weight excluding hydrogens is 264 g/mol. The van der Waals surface area contributed by atoms with Crippen molar-refractivity contribution >= 4 is 17.7 Å². The molecule has 2 heterocycles. The smallest absolute Gasteiger partial charge is 0.320 e. The fraction of sp³-hybridized carbons (Fsp3) is 0.417. The highest BCUT2D eigenvalue weighted by molar-refractivity contribution is 6.04. The number of hydrogen-bond acceptors (Lipinski definition) is 5. The lowest BCUT2D eigenvalue weighted by Gasteiger charge is -2.33. The van der Waals surface area contributed by atoms with E-state index in [2.05, 4.69) is 10.3 Å². The molecule has 0 aromatic carbocycles. The summed E-state index contributed by atoms with van der Waals surface area (Å²) in [4.78, 5) is 51.4. The van der Waals surface area contributed by atoms with Crippen LogP contribution in [0.2, 0.25) is 0 Å².